The minimum atomic E-state index is 0.00158. The Morgan fingerprint density at radius 3 is 2.88 bits per heavy atom. The Morgan fingerprint density at radius 2 is 2.12 bits per heavy atom. The number of aromatic nitrogens is 1. The molecular weight excluding hydrogens is 318 g/mol. The molecule has 4 rings (SSSR count). The lowest BCUT2D eigenvalue weighted by molar-refractivity contribution is 0.0770. The van der Waals surface area contributed by atoms with Crippen LogP contribution in [0.15, 0.2) is 35.1 Å². The van der Waals surface area contributed by atoms with Gasteiger partial charge in [0.25, 0.3) is 5.91 Å². The molecule has 0 bridgehead atoms. The molecular formula is C19H23N3O3. The summed E-state index contributed by atoms with van der Waals surface area (Å²) in [7, 11) is 0. The van der Waals surface area contributed by atoms with Crippen molar-refractivity contribution in [2.75, 3.05) is 31.1 Å². The van der Waals surface area contributed by atoms with Gasteiger partial charge < -0.3 is 19.0 Å². The zero-order valence-electron chi connectivity index (χ0n) is 14.5. The van der Waals surface area contributed by atoms with Crippen molar-refractivity contribution in [3.05, 3.63) is 42.0 Å². The van der Waals surface area contributed by atoms with E-state index in [9.17, 15) is 4.79 Å². The van der Waals surface area contributed by atoms with Gasteiger partial charge in [0.15, 0.2) is 11.6 Å². The first-order valence-corrected chi connectivity index (χ1v) is 8.92. The predicted molar refractivity (Wildman–Crippen MR) is 94.1 cm³/mol. The van der Waals surface area contributed by atoms with Crippen molar-refractivity contribution in [1.82, 2.24) is 9.88 Å². The van der Waals surface area contributed by atoms with Crippen LogP contribution in [0.1, 0.15) is 35.4 Å². The van der Waals surface area contributed by atoms with Gasteiger partial charge in [0.1, 0.15) is 11.9 Å². The van der Waals surface area contributed by atoms with Gasteiger partial charge in [0, 0.05) is 32.3 Å². The van der Waals surface area contributed by atoms with Crippen molar-refractivity contribution in [1.29, 1.82) is 0 Å². The molecule has 25 heavy (non-hydrogen) atoms. The summed E-state index contributed by atoms with van der Waals surface area (Å²) in [6, 6.07) is 5.62. The maximum atomic E-state index is 12.6. The summed E-state index contributed by atoms with van der Waals surface area (Å²) in [6.45, 7) is 5.17. The minimum Gasteiger partial charge on any atom is -0.485 e. The lowest BCUT2D eigenvalue weighted by Crippen LogP contribution is -2.31. The maximum absolute atomic E-state index is 12.6. The number of carbonyl (C=O) groups is 1. The molecule has 0 saturated carbocycles. The third-order valence-corrected chi connectivity index (χ3v) is 4.97. The molecule has 1 atom stereocenters. The van der Waals surface area contributed by atoms with Crippen LogP contribution >= 0.6 is 0 Å². The van der Waals surface area contributed by atoms with Crippen molar-refractivity contribution >= 4 is 11.7 Å². The quantitative estimate of drug-likeness (QED) is 0.856. The topological polar surface area (TPSA) is 58.8 Å². The van der Waals surface area contributed by atoms with Gasteiger partial charge in [-0.25, -0.2) is 4.98 Å². The summed E-state index contributed by atoms with van der Waals surface area (Å²) in [5.41, 5.74) is 0.639. The van der Waals surface area contributed by atoms with E-state index in [-0.39, 0.29) is 12.0 Å². The number of rotatable bonds is 4. The number of carbonyl (C=O) groups excluding carboxylic acids is 1. The molecule has 2 aromatic rings. The number of furan rings is 1. The van der Waals surface area contributed by atoms with Crippen LogP contribution in [0.2, 0.25) is 0 Å². The Labute approximate surface area is 147 Å². The Bertz CT molecular complexity index is 752. The van der Waals surface area contributed by atoms with Crippen molar-refractivity contribution in [3.63, 3.8) is 0 Å². The highest BCUT2D eigenvalue weighted by atomic mass is 16.5. The molecule has 2 aromatic heterocycles. The van der Waals surface area contributed by atoms with E-state index in [0.717, 1.165) is 31.1 Å². The number of pyridine rings is 1. The summed E-state index contributed by atoms with van der Waals surface area (Å²) in [6.07, 6.45) is 6.60. The van der Waals surface area contributed by atoms with Crippen LogP contribution < -0.4 is 9.64 Å². The molecule has 2 aliphatic heterocycles. The number of amides is 1. The Morgan fingerprint density at radius 1 is 1.28 bits per heavy atom. The van der Waals surface area contributed by atoms with Gasteiger partial charge in [-0.2, -0.15) is 0 Å². The number of nitrogens with zero attached hydrogens (tertiary/aromatic N) is 3. The first-order chi connectivity index (χ1) is 12.2. The number of ether oxygens (including phenoxy) is 1. The molecule has 0 N–H and O–H groups in total. The third kappa shape index (κ3) is 3.21. The summed E-state index contributed by atoms with van der Waals surface area (Å²) in [5, 5.41) is 0. The SMILES string of the molecule is Cc1occc1C(=O)N1CCC(Oc2cccnc2N2CCCC2)C1. The number of anilines is 1. The molecule has 0 aliphatic carbocycles. The lowest BCUT2D eigenvalue weighted by atomic mass is 10.2. The molecule has 4 heterocycles. The van der Waals surface area contributed by atoms with E-state index in [1.54, 1.807) is 12.3 Å². The van der Waals surface area contributed by atoms with Crippen LogP contribution in [0.4, 0.5) is 5.82 Å². The van der Waals surface area contributed by atoms with Crippen LogP contribution in [0.25, 0.3) is 0 Å². The Hall–Kier alpha value is -2.50. The molecule has 0 spiro atoms. The van der Waals surface area contributed by atoms with Gasteiger partial charge in [-0.3, -0.25) is 4.79 Å². The highest BCUT2D eigenvalue weighted by molar-refractivity contribution is 5.95. The van der Waals surface area contributed by atoms with E-state index in [4.69, 9.17) is 9.15 Å². The van der Waals surface area contributed by atoms with Crippen LogP contribution in [-0.2, 0) is 0 Å². The first kappa shape index (κ1) is 16.0. The lowest BCUT2D eigenvalue weighted by Gasteiger charge is -2.22. The van der Waals surface area contributed by atoms with Crippen molar-refractivity contribution in [2.24, 2.45) is 0 Å². The summed E-state index contributed by atoms with van der Waals surface area (Å²) in [4.78, 5) is 21.2. The molecule has 2 fully saturated rings. The molecule has 2 aliphatic rings. The monoisotopic (exact) mass is 341 g/mol. The molecule has 1 amide bonds. The highest BCUT2D eigenvalue weighted by Crippen LogP contribution is 2.30. The molecule has 6 heteroatoms. The minimum absolute atomic E-state index is 0.00158. The normalized spacial score (nSPS) is 20.3. The number of aryl methyl sites for hydroxylation is 1. The van der Waals surface area contributed by atoms with Crippen molar-refractivity contribution in [2.45, 2.75) is 32.3 Å². The molecule has 0 radical (unpaired) electrons. The van der Waals surface area contributed by atoms with Gasteiger partial charge >= 0.3 is 0 Å². The van der Waals surface area contributed by atoms with Crippen molar-refractivity contribution in [3.8, 4) is 5.75 Å². The van der Waals surface area contributed by atoms with Crippen LogP contribution in [0.3, 0.4) is 0 Å². The van der Waals surface area contributed by atoms with Gasteiger partial charge in [-0.1, -0.05) is 0 Å². The maximum Gasteiger partial charge on any atom is 0.257 e. The number of likely N-dealkylation sites (tertiary alicyclic amines) is 1. The van der Waals surface area contributed by atoms with Crippen LogP contribution in [0.5, 0.6) is 5.75 Å². The number of hydrogen-bond acceptors (Lipinski definition) is 5. The average Bonchev–Trinajstić information content (AvgIpc) is 3.36. The van der Waals surface area contributed by atoms with Gasteiger partial charge in [0.2, 0.25) is 0 Å². The van der Waals surface area contributed by atoms with E-state index in [1.165, 1.54) is 12.8 Å². The van der Waals surface area contributed by atoms with E-state index in [1.807, 2.05) is 30.2 Å². The second kappa shape index (κ2) is 6.78. The Balaban J connectivity index is 1.43. The molecule has 6 nitrogen and oxygen atoms in total. The second-order valence-electron chi connectivity index (χ2n) is 6.69. The van der Waals surface area contributed by atoms with E-state index < -0.39 is 0 Å². The van der Waals surface area contributed by atoms with E-state index in [0.29, 0.717) is 24.4 Å². The molecule has 2 saturated heterocycles. The smallest absolute Gasteiger partial charge is 0.257 e. The van der Waals surface area contributed by atoms with Gasteiger partial charge in [0.05, 0.1) is 18.4 Å². The van der Waals surface area contributed by atoms with E-state index >= 15 is 0 Å². The van der Waals surface area contributed by atoms with E-state index in [2.05, 4.69) is 9.88 Å². The standard InChI is InChI=1S/C19H23N3O3/c1-14-16(7-12-24-14)19(23)22-11-6-15(13-22)25-17-5-4-8-20-18(17)21-9-2-3-10-21/h4-5,7-8,12,15H,2-3,6,9-11,13H2,1H3. The fraction of sp³-hybridized carbons (Fsp3) is 0.474. The summed E-state index contributed by atoms with van der Waals surface area (Å²) in [5.74, 6) is 2.43. The van der Waals surface area contributed by atoms with Crippen LogP contribution in [-0.4, -0.2) is 48.1 Å². The largest absolute Gasteiger partial charge is 0.485 e. The second-order valence-corrected chi connectivity index (χ2v) is 6.69. The van der Waals surface area contributed by atoms with Crippen LogP contribution in [0, 0.1) is 6.92 Å². The first-order valence-electron chi connectivity index (χ1n) is 8.92. The zero-order chi connectivity index (χ0) is 17.2. The molecule has 0 aromatic carbocycles. The molecule has 132 valence electrons. The average molecular weight is 341 g/mol. The third-order valence-electron chi connectivity index (χ3n) is 4.97. The zero-order valence-corrected chi connectivity index (χ0v) is 14.5. The summed E-state index contributed by atoms with van der Waals surface area (Å²) < 4.78 is 11.5. The fourth-order valence-electron chi connectivity index (χ4n) is 3.61. The molecule has 1 unspecified atom stereocenters. The highest BCUT2D eigenvalue weighted by Gasteiger charge is 2.30. The summed E-state index contributed by atoms with van der Waals surface area (Å²) >= 11 is 0. The Kier molecular flexibility index (Phi) is 4.34. The predicted octanol–water partition coefficient (Wildman–Crippen LogP) is 2.88. The number of hydrogen-bond donors (Lipinski definition) is 0. The van der Waals surface area contributed by atoms with Gasteiger partial charge in [-0.15, -0.1) is 0 Å². The fourth-order valence-corrected chi connectivity index (χ4v) is 3.61. The van der Waals surface area contributed by atoms with Crippen molar-refractivity contribution < 1.29 is 13.9 Å². The van der Waals surface area contributed by atoms with Gasteiger partial charge in [-0.05, 0) is 38.0 Å².